The van der Waals surface area contributed by atoms with E-state index >= 15 is 0 Å². The molecule has 0 aliphatic carbocycles. The van der Waals surface area contributed by atoms with Gasteiger partial charge in [0.2, 0.25) is 5.88 Å². The van der Waals surface area contributed by atoms with Gasteiger partial charge in [0.15, 0.2) is 0 Å². The van der Waals surface area contributed by atoms with E-state index < -0.39 is 47.7 Å². The highest BCUT2D eigenvalue weighted by Crippen LogP contribution is 2.40. The smallest absolute Gasteiger partial charge is 0.416 e. The van der Waals surface area contributed by atoms with Crippen molar-refractivity contribution in [1.29, 1.82) is 0 Å². The number of cyclic esters (lactones) is 1. The molecule has 4 heterocycles. The molecule has 2 aromatic carbocycles. The Kier molecular flexibility index (Phi) is 9.67. The number of anilines is 1. The Labute approximate surface area is 299 Å². The number of hydrogen-bond donors (Lipinski definition) is 0. The number of nitrogens with zero attached hydrogens (tertiary/aromatic N) is 4. The van der Waals surface area contributed by atoms with Gasteiger partial charge in [-0.05, 0) is 101 Å². The Hall–Kier alpha value is -5.20. The minimum atomic E-state index is -4.57. The lowest BCUT2D eigenvalue weighted by molar-refractivity contribution is -0.137. The van der Waals surface area contributed by atoms with Crippen LogP contribution in [0.4, 0.5) is 28.2 Å². The SMILES string of the molecule is COc1ncc(-c2ccc(C(=O)OC(C)(C)C)cc2C)cc1-c1ccc(N2CC(F)C2)nc1CN1C(=O)O[C@H](c2cc(C)cc(C(F)(F)F)c2)[C@@H]1C. The highest BCUT2D eigenvalue weighted by molar-refractivity contribution is 5.91. The maximum absolute atomic E-state index is 13.9. The number of amides is 1. The van der Waals surface area contributed by atoms with Crippen molar-refractivity contribution < 1.29 is 41.4 Å². The van der Waals surface area contributed by atoms with Gasteiger partial charge in [-0.2, -0.15) is 13.2 Å². The fourth-order valence-corrected chi connectivity index (χ4v) is 6.51. The number of carbonyl (C=O) groups is 2. The molecular formula is C39H40F4N4O5. The molecule has 1 amide bonds. The lowest BCUT2D eigenvalue weighted by Gasteiger charge is -2.36. The average Bonchev–Trinajstić information content (AvgIpc) is 3.33. The summed E-state index contributed by atoms with van der Waals surface area (Å²) in [6.45, 7) is 10.8. The first-order valence-electron chi connectivity index (χ1n) is 16.9. The zero-order valence-electron chi connectivity index (χ0n) is 30.0. The summed E-state index contributed by atoms with van der Waals surface area (Å²) in [4.78, 5) is 38.8. The molecule has 9 nitrogen and oxygen atoms in total. The first-order valence-corrected chi connectivity index (χ1v) is 16.9. The van der Waals surface area contributed by atoms with Crippen LogP contribution in [0.1, 0.15) is 72.1 Å². The van der Waals surface area contributed by atoms with Gasteiger partial charge in [0.1, 0.15) is 23.7 Å². The number of aromatic nitrogens is 2. The summed E-state index contributed by atoms with van der Waals surface area (Å²) in [6, 6.07) is 13.7. The molecule has 0 bridgehead atoms. The van der Waals surface area contributed by atoms with Gasteiger partial charge in [0.05, 0.1) is 49.6 Å². The van der Waals surface area contributed by atoms with Crippen LogP contribution in [0.15, 0.2) is 60.8 Å². The van der Waals surface area contributed by atoms with E-state index in [0.29, 0.717) is 33.8 Å². The standard InChI is InChI=1S/C39H40F4N4O5/c1-21-12-25(15-27(13-21)39(41,42)43)34-23(3)47(37(49)51-34)20-32-30(10-11-33(45-32)46-18-28(40)19-46)31-16-26(17-44-35(31)50-7)29-9-8-24(14-22(29)2)36(48)52-38(4,5)6/h8-17,23,28,34H,18-20H2,1-7H3/t23-,34-/m0/s1. The van der Waals surface area contributed by atoms with Gasteiger partial charge in [-0.25, -0.2) is 23.9 Å². The van der Waals surface area contributed by atoms with E-state index in [2.05, 4.69) is 4.98 Å². The van der Waals surface area contributed by atoms with E-state index in [4.69, 9.17) is 19.2 Å². The molecule has 2 fully saturated rings. The zero-order valence-corrected chi connectivity index (χ0v) is 30.0. The number of carbonyl (C=O) groups excluding carboxylic acids is 2. The highest BCUT2D eigenvalue weighted by Gasteiger charge is 2.42. The molecule has 2 saturated heterocycles. The summed E-state index contributed by atoms with van der Waals surface area (Å²) in [5.41, 5.74) is 3.45. The summed E-state index contributed by atoms with van der Waals surface area (Å²) in [5.74, 6) is 0.354. The number of pyridine rings is 2. The summed E-state index contributed by atoms with van der Waals surface area (Å²) in [6.07, 6.45) is -5.57. The van der Waals surface area contributed by atoms with Crippen LogP contribution in [-0.2, 0) is 22.2 Å². The van der Waals surface area contributed by atoms with Crippen molar-refractivity contribution in [2.45, 2.75) is 78.2 Å². The molecule has 2 aliphatic heterocycles. The van der Waals surface area contributed by atoms with Crippen LogP contribution in [0.25, 0.3) is 22.3 Å². The Morgan fingerprint density at radius 1 is 0.981 bits per heavy atom. The van der Waals surface area contributed by atoms with Gasteiger partial charge in [-0.15, -0.1) is 0 Å². The van der Waals surface area contributed by atoms with Crippen LogP contribution in [0.3, 0.4) is 0 Å². The minimum absolute atomic E-state index is 0.0680. The second-order valence-corrected chi connectivity index (χ2v) is 14.3. The van der Waals surface area contributed by atoms with Crippen LogP contribution in [0, 0.1) is 13.8 Å². The van der Waals surface area contributed by atoms with Crippen molar-refractivity contribution in [2.75, 3.05) is 25.1 Å². The van der Waals surface area contributed by atoms with Gasteiger partial charge in [0, 0.05) is 22.9 Å². The van der Waals surface area contributed by atoms with E-state index in [1.54, 1.807) is 70.0 Å². The molecule has 0 radical (unpaired) electrons. The van der Waals surface area contributed by atoms with Crippen molar-refractivity contribution in [1.82, 2.24) is 14.9 Å². The predicted octanol–water partition coefficient (Wildman–Crippen LogP) is 8.65. The molecule has 4 aromatic rings. The Morgan fingerprint density at radius 2 is 1.69 bits per heavy atom. The summed E-state index contributed by atoms with van der Waals surface area (Å²) >= 11 is 0. The van der Waals surface area contributed by atoms with Crippen molar-refractivity contribution in [3.63, 3.8) is 0 Å². The van der Waals surface area contributed by atoms with Gasteiger partial charge < -0.3 is 19.1 Å². The lowest BCUT2D eigenvalue weighted by atomic mass is 9.95. The summed E-state index contributed by atoms with van der Waals surface area (Å²) in [5, 5.41) is 0. The third-order valence-electron chi connectivity index (χ3n) is 9.09. The monoisotopic (exact) mass is 720 g/mol. The number of esters is 1. The number of methoxy groups -OCH3 is 1. The fourth-order valence-electron chi connectivity index (χ4n) is 6.51. The summed E-state index contributed by atoms with van der Waals surface area (Å²) in [7, 11) is 1.48. The highest BCUT2D eigenvalue weighted by atomic mass is 19.4. The van der Waals surface area contributed by atoms with Crippen LogP contribution < -0.4 is 9.64 Å². The number of hydrogen-bond acceptors (Lipinski definition) is 8. The van der Waals surface area contributed by atoms with Crippen molar-refractivity contribution in [3.05, 3.63) is 94.3 Å². The van der Waals surface area contributed by atoms with Gasteiger partial charge in [-0.3, -0.25) is 4.90 Å². The number of aryl methyl sites for hydroxylation is 2. The molecule has 0 saturated carbocycles. The van der Waals surface area contributed by atoms with Crippen LogP contribution in [-0.4, -0.2) is 64.9 Å². The first kappa shape index (κ1) is 36.6. The second-order valence-electron chi connectivity index (χ2n) is 14.3. The van der Waals surface area contributed by atoms with Gasteiger partial charge in [-0.1, -0.05) is 17.7 Å². The van der Waals surface area contributed by atoms with Crippen molar-refractivity contribution >= 4 is 17.9 Å². The molecule has 52 heavy (non-hydrogen) atoms. The molecule has 13 heteroatoms. The number of rotatable bonds is 8. The molecule has 274 valence electrons. The van der Waals surface area contributed by atoms with Crippen LogP contribution in [0.2, 0.25) is 0 Å². The second kappa shape index (κ2) is 13.7. The van der Waals surface area contributed by atoms with Crippen LogP contribution in [0.5, 0.6) is 5.88 Å². The molecule has 2 atom stereocenters. The van der Waals surface area contributed by atoms with Crippen molar-refractivity contribution in [2.24, 2.45) is 0 Å². The molecule has 0 spiro atoms. The fraction of sp³-hybridized carbons (Fsp3) is 0.385. The van der Waals surface area contributed by atoms with E-state index in [0.717, 1.165) is 28.8 Å². The average molecular weight is 721 g/mol. The molecule has 2 aliphatic rings. The number of halogens is 4. The maximum atomic E-state index is 13.9. The normalized spacial score (nSPS) is 17.9. The molecule has 0 N–H and O–H groups in total. The minimum Gasteiger partial charge on any atom is -0.481 e. The molecular weight excluding hydrogens is 680 g/mol. The topological polar surface area (TPSA) is 94.1 Å². The zero-order chi connectivity index (χ0) is 37.7. The Balaban J connectivity index is 1.38. The third kappa shape index (κ3) is 7.54. The first-order chi connectivity index (χ1) is 24.4. The lowest BCUT2D eigenvalue weighted by Crippen LogP contribution is -2.49. The predicted molar refractivity (Wildman–Crippen MR) is 187 cm³/mol. The van der Waals surface area contributed by atoms with E-state index in [1.165, 1.54) is 12.0 Å². The Morgan fingerprint density at radius 3 is 2.33 bits per heavy atom. The van der Waals surface area contributed by atoms with Gasteiger partial charge >= 0.3 is 18.2 Å². The third-order valence-corrected chi connectivity index (χ3v) is 9.09. The van der Waals surface area contributed by atoms with Gasteiger partial charge in [0.25, 0.3) is 0 Å². The molecule has 2 aromatic heterocycles. The van der Waals surface area contributed by atoms with E-state index in [1.807, 2.05) is 25.1 Å². The van der Waals surface area contributed by atoms with E-state index in [9.17, 15) is 27.2 Å². The Bertz CT molecular complexity index is 2020. The molecule has 0 unspecified atom stereocenters. The largest absolute Gasteiger partial charge is 0.481 e. The number of alkyl halides is 4. The maximum Gasteiger partial charge on any atom is 0.416 e. The summed E-state index contributed by atoms with van der Waals surface area (Å²) < 4.78 is 71.8. The quantitative estimate of drug-likeness (QED) is 0.132. The van der Waals surface area contributed by atoms with E-state index in [-0.39, 0.29) is 31.1 Å². The van der Waals surface area contributed by atoms with Crippen molar-refractivity contribution in [3.8, 4) is 28.1 Å². The number of benzene rings is 2. The van der Waals surface area contributed by atoms with Crippen LogP contribution >= 0.6 is 0 Å². The molecule has 6 rings (SSSR count). The number of ether oxygens (including phenoxy) is 3.